The Labute approximate surface area is 117 Å². The van der Waals surface area contributed by atoms with E-state index in [2.05, 4.69) is 0 Å². The molecule has 5 atom stereocenters. The molecule has 2 aliphatic carbocycles. The molecule has 1 N–H and O–H groups in total. The van der Waals surface area contributed by atoms with Gasteiger partial charge >= 0.3 is 5.97 Å². The molecule has 2 saturated heterocycles. The summed E-state index contributed by atoms with van der Waals surface area (Å²) in [6.45, 7) is 0. The van der Waals surface area contributed by atoms with Gasteiger partial charge in [-0.1, -0.05) is 6.42 Å². The third-order valence-electron chi connectivity index (χ3n) is 5.07. The van der Waals surface area contributed by atoms with E-state index in [0.29, 0.717) is 0 Å². The summed E-state index contributed by atoms with van der Waals surface area (Å²) in [7, 11) is 1.28. The number of esters is 1. The molecule has 4 aliphatic rings. The Morgan fingerprint density at radius 3 is 2.65 bits per heavy atom. The van der Waals surface area contributed by atoms with E-state index in [4.69, 9.17) is 18.9 Å². The Bertz CT molecular complexity index is 431. The molecule has 2 aliphatic heterocycles. The van der Waals surface area contributed by atoms with E-state index in [-0.39, 0.29) is 24.7 Å². The van der Waals surface area contributed by atoms with E-state index < -0.39 is 23.5 Å². The minimum absolute atomic E-state index is 0.164. The van der Waals surface area contributed by atoms with Gasteiger partial charge in [0.15, 0.2) is 11.4 Å². The third-order valence-corrected chi connectivity index (χ3v) is 5.07. The van der Waals surface area contributed by atoms with Crippen LogP contribution in [0.3, 0.4) is 0 Å². The van der Waals surface area contributed by atoms with Crippen LogP contribution in [0.1, 0.15) is 38.5 Å². The molecule has 0 unspecified atom stereocenters. The summed E-state index contributed by atoms with van der Waals surface area (Å²) >= 11 is 0. The quantitative estimate of drug-likeness (QED) is 0.558. The van der Waals surface area contributed by atoms with Gasteiger partial charge in [0.1, 0.15) is 18.3 Å². The van der Waals surface area contributed by atoms with E-state index in [1.54, 1.807) is 0 Å². The average Bonchev–Trinajstić information content (AvgIpc) is 3.19. The van der Waals surface area contributed by atoms with Crippen molar-refractivity contribution in [3.63, 3.8) is 0 Å². The summed E-state index contributed by atoms with van der Waals surface area (Å²) in [4.78, 5) is 11.8. The number of fused-ring (bicyclic) bond motifs is 3. The number of hydrogen-bond donors (Lipinski definition) is 1. The Kier molecular flexibility index (Phi) is 2.71. The predicted octanol–water partition coefficient (Wildman–Crippen LogP) is 0.506. The fraction of sp³-hybridized carbons (Fsp3) is 0.929. The summed E-state index contributed by atoms with van der Waals surface area (Å²) in [5.74, 6) is -1.16. The monoisotopic (exact) mass is 284 g/mol. The lowest BCUT2D eigenvalue weighted by Gasteiger charge is -2.32. The third kappa shape index (κ3) is 1.68. The maximum atomic E-state index is 11.8. The second kappa shape index (κ2) is 4.16. The molecule has 4 rings (SSSR count). The topological polar surface area (TPSA) is 77.5 Å². The zero-order chi connectivity index (χ0) is 14.0. The molecule has 0 aromatic rings. The largest absolute Gasteiger partial charge is 0.467 e. The van der Waals surface area contributed by atoms with Crippen molar-refractivity contribution in [3.05, 3.63) is 0 Å². The van der Waals surface area contributed by atoms with Crippen LogP contribution in [0.4, 0.5) is 0 Å². The fourth-order valence-corrected chi connectivity index (χ4v) is 4.01. The number of methoxy groups -OCH3 is 1. The predicted molar refractivity (Wildman–Crippen MR) is 65.8 cm³/mol. The molecule has 112 valence electrons. The Hall–Kier alpha value is -0.690. The second-order valence-electron chi connectivity index (χ2n) is 6.35. The standard InChI is InChI=1S/C14H20O6/c1-17-12(15)14(16)7-8-9(10-11(14)18-10)20-13(19-8)5-3-2-4-6-13/h8-11,16H,2-7H2,1H3/t8-,9-,10+,11+,14+/m1/s1. The molecule has 6 nitrogen and oxygen atoms in total. The van der Waals surface area contributed by atoms with Gasteiger partial charge in [-0.05, 0) is 12.8 Å². The van der Waals surface area contributed by atoms with E-state index >= 15 is 0 Å². The summed E-state index contributed by atoms with van der Waals surface area (Å²) < 4.78 is 22.5. The first kappa shape index (κ1) is 13.0. The highest BCUT2D eigenvalue weighted by molar-refractivity contribution is 5.81. The van der Waals surface area contributed by atoms with Gasteiger partial charge in [-0.3, -0.25) is 0 Å². The zero-order valence-corrected chi connectivity index (χ0v) is 11.5. The van der Waals surface area contributed by atoms with Crippen molar-refractivity contribution >= 4 is 5.97 Å². The van der Waals surface area contributed by atoms with Gasteiger partial charge in [-0.25, -0.2) is 4.79 Å². The average molecular weight is 284 g/mol. The van der Waals surface area contributed by atoms with Gasteiger partial charge in [-0.2, -0.15) is 0 Å². The van der Waals surface area contributed by atoms with Gasteiger partial charge < -0.3 is 24.1 Å². The maximum absolute atomic E-state index is 11.8. The van der Waals surface area contributed by atoms with Crippen molar-refractivity contribution in [2.75, 3.05) is 7.11 Å². The van der Waals surface area contributed by atoms with E-state index in [9.17, 15) is 9.90 Å². The first-order chi connectivity index (χ1) is 9.58. The lowest BCUT2D eigenvalue weighted by atomic mass is 9.81. The number of carbonyl (C=O) groups excluding carboxylic acids is 1. The van der Waals surface area contributed by atoms with Gasteiger partial charge in [0.2, 0.25) is 0 Å². The maximum Gasteiger partial charge on any atom is 0.340 e. The van der Waals surface area contributed by atoms with E-state index in [1.165, 1.54) is 13.5 Å². The number of rotatable bonds is 1. The van der Waals surface area contributed by atoms with Gasteiger partial charge in [0.25, 0.3) is 0 Å². The van der Waals surface area contributed by atoms with Crippen LogP contribution in [-0.4, -0.2) is 54.0 Å². The lowest BCUT2D eigenvalue weighted by molar-refractivity contribution is -0.199. The fourth-order valence-electron chi connectivity index (χ4n) is 4.01. The van der Waals surface area contributed by atoms with Crippen LogP contribution in [0, 0.1) is 0 Å². The first-order valence-electron chi connectivity index (χ1n) is 7.40. The minimum Gasteiger partial charge on any atom is -0.467 e. The molecular weight excluding hydrogens is 264 g/mol. The molecular formula is C14H20O6. The van der Waals surface area contributed by atoms with Crippen molar-refractivity contribution in [2.24, 2.45) is 0 Å². The van der Waals surface area contributed by atoms with Crippen LogP contribution in [0.5, 0.6) is 0 Å². The van der Waals surface area contributed by atoms with Crippen LogP contribution in [0.15, 0.2) is 0 Å². The number of carbonyl (C=O) groups is 1. The molecule has 0 bridgehead atoms. The Morgan fingerprint density at radius 1 is 1.20 bits per heavy atom. The Balaban J connectivity index is 1.56. The van der Waals surface area contributed by atoms with Crippen LogP contribution in [0.2, 0.25) is 0 Å². The van der Waals surface area contributed by atoms with Gasteiger partial charge in [0, 0.05) is 19.3 Å². The highest BCUT2D eigenvalue weighted by atomic mass is 16.8. The smallest absolute Gasteiger partial charge is 0.340 e. The summed E-state index contributed by atoms with van der Waals surface area (Å²) in [6.07, 6.45) is 4.13. The van der Waals surface area contributed by atoms with Crippen molar-refractivity contribution in [1.29, 1.82) is 0 Å². The molecule has 0 aromatic heterocycles. The summed E-state index contributed by atoms with van der Waals surface area (Å²) in [5, 5.41) is 10.5. The SMILES string of the molecule is COC(=O)[C@]1(O)C[C@H]2OC3(CCCCC3)O[C@H]2[C@@H]2O[C@@H]21. The second-order valence-corrected chi connectivity index (χ2v) is 6.35. The first-order valence-corrected chi connectivity index (χ1v) is 7.40. The minimum atomic E-state index is -1.59. The Morgan fingerprint density at radius 2 is 1.95 bits per heavy atom. The molecule has 2 heterocycles. The van der Waals surface area contributed by atoms with Gasteiger partial charge in [-0.15, -0.1) is 0 Å². The highest BCUT2D eigenvalue weighted by Gasteiger charge is 2.71. The van der Waals surface area contributed by atoms with E-state index in [0.717, 1.165) is 25.7 Å². The van der Waals surface area contributed by atoms with Crippen LogP contribution in [-0.2, 0) is 23.7 Å². The number of aliphatic hydroxyl groups is 1. The molecule has 6 heteroatoms. The van der Waals surface area contributed by atoms with Crippen LogP contribution < -0.4 is 0 Å². The molecule has 0 amide bonds. The summed E-state index contributed by atoms with van der Waals surface area (Å²) in [6, 6.07) is 0. The highest BCUT2D eigenvalue weighted by Crippen LogP contribution is 2.53. The van der Waals surface area contributed by atoms with Crippen molar-refractivity contribution in [2.45, 2.75) is 74.3 Å². The molecule has 0 radical (unpaired) electrons. The molecule has 2 saturated carbocycles. The normalized spacial score (nSPS) is 48.5. The van der Waals surface area contributed by atoms with Crippen LogP contribution >= 0.6 is 0 Å². The number of hydrogen-bond acceptors (Lipinski definition) is 6. The number of epoxide rings is 1. The molecule has 4 fully saturated rings. The zero-order valence-electron chi connectivity index (χ0n) is 11.5. The molecule has 1 spiro atoms. The number of ether oxygens (including phenoxy) is 4. The van der Waals surface area contributed by atoms with Crippen LogP contribution in [0.25, 0.3) is 0 Å². The molecule has 0 aromatic carbocycles. The van der Waals surface area contributed by atoms with Crippen molar-refractivity contribution in [1.82, 2.24) is 0 Å². The van der Waals surface area contributed by atoms with E-state index in [1.807, 2.05) is 0 Å². The van der Waals surface area contributed by atoms with Crippen molar-refractivity contribution < 1.29 is 28.8 Å². The van der Waals surface area contributed by atoms with Crippen molar-refractivity contribution in [3.8, 4) is 0 Å². The lowest BCUT2D eigenvalue weighted by Crippen LogP contribution is -2.55. The molecule has 20 heavy (non-hydrogen) atoms. The van der Waals surface area contributed by atoms with Gasteiger partial charge in [0.05, 0.1) is 13.2 Å². The summed E-state index contributed by atoms with van der Waals surface area (Å²) in [5.41, 5.74) is -1.59.